The first-order valence-corrected chi connectivity index (χ1v) is 13.1. The maximum atomic E-state index is 12.5. The highest BCUT2D eigenvalue weighted by Crippen LogP contribution is 2.42. The van der Waals surface area contributed by atoms with E-state index in [1.807, 2.05) is 12.1 Å². The van der Waals surface area contributed by atoms with Crippen molar-refractivity contribution in [3.05, 3.63) is 71.8 Å². The highest BCUT2D eigenvalue weighted by Gasteiger charge is 2.30. The molecule has 0 aliphatic heterocycles. The van der Waals surface area contributed by atoms with Gasteiger partial charge in [0.1, 0.15) is 0 Å². The first kappa shape index (κ1) is 23.3. The fraction of sp³-hybridized carbons (Fsp3) is 0.548. The Labute approximate surface area is 195 Å². The normalized spacial score (nSPS) is 26.4. The van der Waals surface area contributed by atoms with Crippen LogP contribution in [0, 0.1) is 23.7 Å². The van der Waals surface area contributed by atoms with E-state index < -0.39 is 0 Å². The third-order valence-electron chi connectivity index (χ3n) is 8.30. The summed E-state index contributed by atoms with van der Waals surface area (Å²) in [6.45, 7) is 1.88. The van der Waals surface area contributed by atoms with Crippen molar-refractivity contribution in [2.75, 3.05) is 6.67 Å². The third-order valence-corrected chi connectivity index (χ3v) is 8.30. The van der Waals surface area contributed by atoms with Gasteiger partial charge in [0.2, 0.25) is 0 Å². The number of hydrogen-bond donors (Lipinski definition) is 0. The molecule has 0 unspecified atom stereocenters. The minimum absolute atomic E-state index is 0.284. The molecule has 32 heavy (non-hydrogen) atoms. The lowest BCUT2D eigenvalue weighted by Crippen LogP contribution is -2.25. The number of aryl methyl sites for hydroxylation is 2. The third kappa shape index (κ3) is 6.33. The molecule has 4 rings (SSSR count). The van der Waals surface area contributed by atoms with E-state index in [1.165, 1.54) is 80.9 Å². The van der Waals surface area contributed by atoms with E-state index in [0.29, 0.717) is 6.42 Å². The van der Waals surface area contributed by atoms with Crippen LogP contribution in [-0.4, -0.2) is 6.67 Å². The molecule has 2 aromatic rings. The van der Waals surface area contributed by atoms with E-state index in [9.17, 15) is 4.39 Å². The molecule has 2 aliphatic carbocycles. The maximum absolute atomic E-state index is 12.5. The summed E-state index contributed by atoms with van der Waals surface area (Å²) in [6.07, 6.45) is 19.4. The second-order valence-electron chi connectivity index (χ2n) is 10.4. The van der Waals surface area contributed by atoms with Gasteiger partial charge < -0.3 is 0 Å². The molecule has 0 atom stereocenters. The van der Waals surface area contributed by atoms with Gasteiger partial charge in [-0.3, -0.25) is 4.39 Å². The standard InChI is InChI=1S/C31H41F/c1-2-3-24-6-14-28(15-7-24)29-16-8-25(9-17-29)4-5-26-10-18-30(19-11-26)31-20-12-27(13-21-31)22-23-32/h2-3,10-13,18-21,24-25,28-29H,4-9,14-17,22-23H2,1H3. The van der Waals surface area contributed by atoms with Gasteiger partial charge in [-0.05, 0) is 104 Å². The summed E-state index contributed by atoms with van der Waals surface area (Å²) in [5.41, 5.74) is 5.01. The molecular weight excluding hydrogens is 391 g/mol. The van der Waals surface area contributed by atoms with Crippen LogP contribution in [0.25, 0.3) is 11.1 Å². The summed E-state index contributed by atoms with van der Waals surface area (Å²) in [5.74, 6) is 3.80. The van der Waals surface area contributed by atoms with Crippen LogP contribution in [0.1, 0.15) is 75.8 Å². The molecule has 0 saturated heterocycles. The molecule has 2 saturated carbocycles. The molecule has 0 spiro atoms. The van der Waals surface area contributed by atoms with Crippen molar-refractivity contribution in [3.63, 3.8) is 0 Å². The Morgan fingerprint density at radius 1 is 0.688 bits per heavy atom. The lowest BCUT2D eigenvalue weighted by molar-refractivity contribution is 0.152. The van der Waals surface area contributed by atoms with Gasteiger partial charge in [0.25, 0.3) is 0 Å². The molecular formula is C31H41F. The van der Waals surface area contributed by atoms with Gasteiger partial charge in [-0.15, -0.1) is 0 Å². The van der Waals surface area contributed by atoms with Crippen LogP contribution >= 0.6 is 0 Å². The first-order chi connectivity index (χ1) is 15.7. The monoisotopic (exact) mass is 432 g/mol. The molecule has 0 aromatic heterocycles. The Kier molecular flexibility index (Phi) is 8.60. The smallest absolute Gasteiger partial charge is 0.0934 e. The topological polar surface area (TPSA) is 0 Å². The molecule has 0 radical (unpaired) electrons. The van der Waals surface area contributed by atoms with Gasteiger partial charge in [0.15, 0.2) is 0 Å². The summed E-state index contributed by atoms with van der Waals surface area (Å²) >= 11 is 0. The number of hydrogen-bond acceptors (Lipinski definition) is 0. The van der Waals surface area contributed by atoms with Crippen molar-refractivity contribution in [1.29, 1.82) is 0 Å². The van der Waals surface area contributed by atoms with E-state index in [1.54, 1.807) is 0 Å². The first-order valence-electron chi connectivity index (χ1n) is 13.1. The van der Waals surface area contributed by atoms with Crippen molar-refractivity contribution in [2.24, 2.45) is 23.7 Å². The van der Waals surface area contributed by atoms with Crippen LogP contribution in [0.4, 0.5) is 4.39 Å². The van der Waals surface area contributed by atoms with Crippen LogP contribution in [0.15, 0.2) is 60.7 Å². The van der Waals surface area contributed by atoms with Crippen LogP contribution in [0.2, 0.25) is 0 Å². The molecule has 2 aliphatic rings. The largest absolute Gasteiger partial charge is 0.251 e. The highest BCUT2D eigenvalue weighted by molar-refractivity contribution is 5.64. The van der Waals surface area contributed by atoms with E-state index in [2.05, 4.69) is 55.5 Å². The zero-order valence-corrected chi connectivity index (χ0v) is 19.9. The van der Waals surface area contributed by atoms with Crippen molar-refractivity contribution < 1.29 is 4.39 Å². The van der Waals surface area contributed by atoms with Gasteiger partial charge in [-0.2, -0.15) is 0 Å². The average molecular weight is 433 g/mol. The lowest BCUT2D eigenvalue weighted by Gasteiger charge is -2.37. The number of benzene rings is 2. The molecule has 0 N–H and O–H groups in total. The number of alkyl halides is 1. The minimum Gasteiger partial charge on any atom is -0.251 e. The Morgan fingerprint density at radius 3 is 1.69 bits per heavy atom. The van der Waals surface area contributed by atoms with Crippen LogP contribution < -0.4 is 0 Å². The van der Waals surface area contributed by atoms with E-state index in [0.717, 1.165) is 29.2 Å². The summed E-state index contributed by atoms with van der Waals surface area (Å²) in [6, 6.07) is 17.4. The molecule has 1 heteroatoms. The molecule has 172 valence electrons. The number of rotatable bonds is 8. The maximum Gasteiger partial charge on any atom is 0.0934 e. The van der Waals surface area contributed by atoms with Gasteiger partial charge >= 0.3 is 0 Å². The summed E-state index contributed by atoms with van der Waals surface area (Å²) in [5, 5.41) is 0. The molecule has 2 fully saturated rings. The predicted octanol–water partition coefficient (Wildman–Crippen LogP) is 8.99. The van der Waals surface area contributed by atoms with Crippen molar-refractivity contribution >= 4 is 0 Å². The minimum atomic E-state index is -0.284. The SMILES string of the molecule is CC=CC1CCC(C2CCC(CCc3ccc(-c4ccc(CCF)cc4)cc3)CC2)CC1. The molecule has 2 aromatic carbocycles. The van der Waals surface area contributed by atoms with E-state index in [4.69, 9.17) is 0 Å². The Balaban J connectivity index is 1.19. The lowest BCUT2D eigenvalue weighted by atomic mass is 9.68. The second-order valence-corrected chi connectivity index (χ2v) is 10.4. The number of halogens is 1. The zero-order chi connectivity index (χ0) is 22.2. The average Bonchev–Trinajstić information content (AvgIpc) is 2.85. The fourth-order valence-electron chi connectivity index (χ4n) is 6.24. The summed E-state index contributed by atoms with van der Waals surface area (Å²) in [7, 11) is 0. The van der Waals surface area contributed by atoms with Gasteiger partial charge in [-0.25, -0.2) is 0 Å². The highest BCUT2D eigenvalue weighted by atomic mass is 19.1. The van der Waals surface area contributed by atoms with E-state index in [-0.39, 0.29) is 6.67 Å². The van der Waals surface area contributed by atoms with Crippen LogP contribution in [0.5, 0.6) is 0 Å². The van der Waals surface area contributed by atoms with Crippen molar-refractivity contribution in [1.82, 2.24) is 0 Å². The molecule has 0 bridgehead atoms. The quantitative estimate of drug-likeness (QED) is 0.365. The second kappa shape index (κ2) is 11.8. The van der Waals surface area contributed by atoms with Gasteiger partial charge in [0.05, 0.1) is 6.67 Å². The fourth-order valence-corrected chi connectivity index (χ4v) is 6.24. The Hall–Kier alpha value is -1.89. The van der Waals surface area contributed by atoms with Crippen LogP contribution in [0.3, 0.4) is 0 Å². The van der Waals surface area contributed by atoms with Gasteiger partial charge in [0, 0.05) is 6.42 Å². The zero-order valence-electron chi connectivity index (χ0n) is 19.9. The summed E-state index contributed by atoms with van der Waals surface area (Å²) < 4.78 is 12.5. The Bertz CT molecular complexity index is 816. The summed E-state index contributed by atoms with van der Waals surface area (Å²) in [4.78, 5) is 0. The molecule has 0 nitrogen and oxygen atoms in total. The molecule has 0 heterocycles. The number of allylic oxidation sites excluding steroid dienone is 2. The molecule has 0 amide bonds. The van der Waals surface area contributed by atoms with E-state index >= 15 is 0 Å². The Morgan fingerprint density at radius 2 is 1.19 bits per heavy atom. The predicted molar refractivity (Wildman–Crippen MR) is 136 cm³/mol. The van der Waals surface area contributed by atoms with Crippen LogP contribution in [-0.2, 0) is 12.8 Å². The van der Waals surface area contributed by atoms with Gasteiger partial charge in [-0.1, -0.05) is 73.5 Å². The van der Waals surface area contributed by atoms with Crippen molar-refractivity contribution in [2.45, 2.75) is 77.6 Å². The van der Waals surface area contributed by atoms with Crippen molar-refractivity contribution in [3.8, 4) is 11.1 Å².